The molecule has 14 heavy (non-hydrogen) atoms. The smallest absolute Gasteiger partial charge is 0.335 e. The maximum atomic E-state index is 10.7. The Hall–Kier alpha value is -2.10. The van der Waals surface area contributed by atoms with Gasteiger partial charge in [0.05, 0.1) is 11.8 Å². The number of benzene rings is 1. The van der Waals surface area contributed by atoms with E-state index in [0.29, 0.717) is 11.3 Å². The first-order chi connectivity index (χ1) is 6.77. The fraction of sp³-hybridized carbons (Fsp3) is 0. The minimum atomic E-state index is -0.952. The highest BCUT2D eigenvalue weighted by Gasteiger charge is 2.06. The van der Waals surface area contributed by atoms with E-state index in [1.165, 1.54) is 12.5 Å². The molecule has 2 aromatic rings. The summed E-state index contributed by atoms with van der Waals surface area (Å²) in [7, 11) is 0. The zero-order chi connectivity index (χ0) is 9.97. The van der Waals surface area contributed by atoms with Gasteiger partial charge in [0.25, 0.3) is 0 Å². The number of carboxylic acids is 1. The molecule has 0 unspecified atom stereocenters. The molecule has 4 heteroatoms. The third-order valence-electron chi connectivity index (χ3n) is 1.83. The van der Waals surface area contributed by atoms with Crippen LogP contribution in [0.1, 0.15) is 10.4 Å². The minimum absolute atomic E-state index is 0.235. The van der Waals surface area contributed by atoms with Gasteiger partial charge in [0.1, 0.15) is 0 Å². The lowest BCUT2D eigenvalue weighted by atomic mass is 10.1. The van der Waals surface area contributed by atoms with Crippen molar-refractivity contribution in [1.82, 2.24) is 4.98 Å². The molecule has 0 spiro atoms. The van der Waals surface area contributed by atoms with E-state index >= 15 is 0 Å². The van der Waals surface area contributed by atoms with Gasteiger partial charge in [-0.2, -0.15) is 0 Å². The number of rotatable bonds is 2. The van der Waals surface area contributed by atoms with Crippen molar-refractivity contribution in [1.29, 1.82) is 0 Å². The van der Waals surface area contributed by atoms with Crippen molar-refractivity contribution < 1.29 is 14.3 Å². The first-order valence-corrected chi connectivity index (χ1v) is 3.99. The molecule has 0 saturated carbocycles. The average molecular weight is 189 g/mol. The predicted molar refractivity (Wildman–Crippen MR) is 48.9 cm³/mol. The summed E-state index contributed by atoms with van der Waals surface area (Å²) in [6.45, 7) is 0. The Labute approximate surface area is 79.8 Å². The number of aromatic carboxylic acids is 1. The van der Waals surface area contributed by atoms with Crippen LogP contribution < -0.4 is 0 Å². The molecule has 4 nitrogen and oxygen atoms in total. The normalized spacial score (nSPS) is 10.0. The molecule has 1 aromatic carbocycles. The third kappa shape index (κ3) is 1.50. The van der Waals surface area contributed by atoms with Crippen molar-refractivity contribution in [2.24, 2.45) is 0 Å². The van der Waals surface area contributed by atoms with Crippen LogP contribution in [0.3, 0.4) is 0 Å². The summed E-state index contributed by atoms with van der Waals surface area (Å²) in [6.07, 6.45) is 2.85. The average Bonchev–Trinajstić information content (AvgIpc) is 2.71. The highest BCUT2D eigenvalue weighted by atomic mass is 16.4. The summed E-state index contributed by atoms with van der Waals surface area (Å²) in [5.41, 5.74) is 0.946. The summed E-state index contributed by atoms with van der Waals surface area (Å²) in [5.74, 6) is -0.389. The van der Waals surface area contributed by atoms with Crippen LogP contribution in [0.2, 0.25) is 0 Å². The molecule has 1 N–H and O–H groups in total. The lowest BCUT2D eigenvalue weighted by Gasteiger charge is -1.97. The molecule has 70 valence electrons. The van der Waals surface area contributed by atoms with E-state index in [2.05, 4.69) is 4.98 Å². The minimum Gasteiger partial charge on any atom is -0.478 e. The van der Waals surface area contributed by atoms with Crippen molar-refractivity contribution >= 4 is 5.97 Å². The zero-order valence-electron chi connectivity index (χ0n) is 7.18. The van der Waals surface area contributed by atoms with Gasteiger partial charge in [-0.3, -0.25) is 0 Å². The van der Waals surface area contributed by atoms with Crippen LogP contribution in [0.25, 0.3) is 11.3 Å². The molecule has 0 aliphatic carbocycles. The van der Waals surface area contributed by atoms with Gasteiger partial charge in [-0.1, -0.05) is 12.1 Å². The van der Waals surface area contributed by atoms with Crippen molar-refractivity contribution in [2.45, 2.75) is 0 Å². The van der Waals surface area contributed by atoms with Gasteiger partial charge in [-0.05, 0) is 12.1 Å². The fourth-order valence-corrected chi connectivity index (χ4v) is 1.16. The molecule has 0 aliphatic heterocycles. The van der Waals surface area contributed by atoms with Gasteiger partial charge in [0.2, 0.25) is 0 Å². The van der Waals surface area contributed by atoms with Gasteiger partial charge in [0.15, 0.2) is 12.2 Å². The summed E-state index contributed by atoms with van der Waals surface area (Å²) >= 11 is 0. The van der Waals surface area contributed by atoms with Crippen LogP contribution in [0, 0.1) is 0 Å². The number of carboxylic acid groups (broad SMARTS) is 1. The van der Waals surface area contributed by atoms with Gasteiger partial charge < -0.3 is 9.52 Å². The molecule has 0 fully saturated rings. The molecular formula is C10H7NO3. The summed E-state index contributed by atoms with van der Waals surface area (Å²) in [6, 6.07) is 6.51. The number of nitrogens with zero attached hydrogens (tertiary/aromatic N) is 1. The van der Waals surface area contributed by atoms with E-state index in [-0.39, 0.29) is 5.56 Å². The van der Waals surface area contributed by atoms with Crippen molar-refractivity contribution in [2.75, 3.05) is 0 Å². The van der Waals surface area contributed by atoms with Crippen molar-refractivity contribution in [3.8, 4) is 11.3 Å². The SMILES string of the molecule is O=C(O)c1cccc(-c2cnco2)c1. The molecule has 0 saturated heterocycles. The van der Waals surface area contributed by atoms with Gasteiger partial charge in [-0.25, -0.2) is 9.78 Å². The number of oxazole rings is 1. The monoisotopic (exact) mass is 189 g/mol. The number of hydrogen-bond donors (Lipinski definition) is 1. The number of carbonyl (C=O) groups is 1. The van der Waals surface area contributed by atoms with Gasteiger partial charge >= 0.3 is 5.97 Å². The number of hydrogen-bond acceptors (Lipinski definition) is 3. The summed E-state index contributed by atoms with van der Waals surface area (Å²) in [4.78, 5) is 14.4. The Balaban J connectivity index is 2.46. The second-order valence-electron chi connectivity index (χ2n) is 2.75. The Morgan fingerprint density at radius 1 is 1.43 bits per heavy atom. The van der Waals surface area contributed by atoms with Crippen molar-refractivity contribution in [3.05, 3.63) is 42.4 Å². The Bertz CT molecular complexity index is 448. The Morgan fingerprint density at radius 3 is 2.93 bits per heavy atom. The molecule has 0 bridgehead atoms. The lowest BCUT2D eigenvalue weighted by Crippen LogP contribution is -1.95. The van der Waals surface area contributed by atoms with Crippen LogP contribution in [-0.2, 0) is 0 Å². The topological polar surface area (TPSA) is 63.3 Å². The maximum absolute atomic E-state index is 10.7. The first-order valence-electron chi connectivity index (χ1n) is 3.99. The quantitative estimate of drug-likeness (QED) is 0.785. The van der Waals surface area contributed by atoms with Crippen LogP contribution in [0.4, 0.5) is 0 Å². The van der Waals surface area contributed by atoms with Crippen molar-refractivity contribution in [3.63, 3.8) is 0 Å². The standard InChI is InChI=1S/C10H7NO3/c12-10(13)8-3-1-2-7(4-8)9-5-11-6-14-9/h1-6H,(H,12,13). The van der Waals surface area contributed by atoms with E-state index in [1.54, 1.807) is 24.4 Å². The van der Waals surface area contributed by atoms with Crippen LogP contribution in [0.5, 0.6) is 0 Å². The molecule has 1 heterocycles. The molecule has 1 aromatic heterocycles. The maximum Gasteiger partial charge on any atom is 0.335 e. The second kappa shape index (κ2) is 3.33. The second-order valence-corrected chi connectivity index (χ2v) is 2.75. The summed E-state index contributed by atoms with van der Waals surface area (Å²) < 4.78 is 5.05. The van der Waals surface area contributed by atoms with Gasteiger partial charge in [0, 0.05) is 5.56 Å². The molecule has 0 amide bonds. The van der Waals surface area contributed by atoms with E-state index < -0.39 is 5.97 Å². The molecule has 0 atom stereocenters. The van der Waals surface area contributed by atoms with Crippen LogP contribution in [-0.4, -0.2) is 16.1 Å². The first kappa shape index (κ1) is 8.50. The largest absolute Gasteiger partial charge is 0.478 e. The third-order valence-corrected chi connectivity index (χ3v) is 1.83. The van der Waals surface area contributed by atoms with Crippen LogP contribution >= 0.6 is 0 Å². The Morgan fingerprint density at radius 2 is 2.29 bits per heavy atom. The highest BCUT2D eigenvalue weighted by molar-refractivity contribution is 5.89. The van der Waals surface area contributed by atoms with E-state index in [4.69, 9.17) is 9.52 Å². The molecular weight excluding hydrogens is 182 g/mol. The van der Waals surface area contributed by atoms with E-state index in [1.807, 2.05) is 0 Å². The molecule has 0 radical (unpaired) electrons. The predicted octanol–water partition coefficient (Wildman–Crippen LogP) is 2.04. The zero-order valence-corrected chi connectivity index (χ0v) is 7.18. The van der Waals surface area contributed by atoms with E-state index in [9.17, 15) is 4.79 Å². The number of aromatic nitrogens is 1. The van der Waals surface area contributed by atoms with Crippen LogP contribution in [0.15, 0.2) is 41.3 Å². The molecule has 0 aliphatic rings. The molecule has 2 rings (SSSR count). The van der Waals surface area contributed by atoms with Gasteiger partial charge in [-0.15, -0.1) is 0 Å². The highest BCUT2D eigenvalue weighted by Crippen LogP contribution is 2.19. The fourth-order valence-electron chi connectivity index (χ4n) is 1.16. The lowest BCUT2D eigenvalue weighted by molar-refractivity contribution is 0.0697. The summed E-state index contributed by atoms with van der Waals surface area (Å²) in [5, 5.41) is 8.76. The Kier molecular flexibility index (Phi) is 2.02. The van der Waals surface area contributed by atoms with E-state index in [0.717, 1.165) is 0 Å².